The Morgan fingerprint density at radius 2 is 1.80 bits per heavy atom. The Hall–Kier alpha value is -3.45. The minimum atomic E-state index is -0.468. The third-order valence-corrected chi connectivity index (χ3v) is 6.12. The first-order valence-electron chi connectivity index (χ1n) is 9.63. The van der Waals surface area contributed by atoms with Gasteiger partial charge in [0.2, 0.25) is 5.16 Å². The van der Waals surface area contributed by atoms with Crippen molar-refractivity contribution in [3.8, 4) is 0 Å². The van der Waals surface area contributed by atoms with E-state index in [-0.39, 0.29) is 5.78 Å². The van der Waals surface area contributed by atoms with Gasteiger partial charge in [0.15, 0.2) is 5.78 Å². The third kappa shape index (κ3) is 3.27. The molecule has 3 heterocycles. The van der Waals surface area contributed by atoms with Gasteiger partial charge in [-0.3, -0.25) is 4.79 Å². The van der Waals surface area contributed by atoms with Crippen LogP contribution in [0.3, 0.4) is 0 Å². The molecule has 7 heteroatoms. The number of benzene rings is 2. The monoisotopic (exact) mass is 413 g/mol. The molecule has 30 heavy (non-hydrogen) atoms. The lowest BCUT2D eigenvalue weighted by atomic mass is 10.0. The van der Waals surface area contributed by atoms with E-state index in [2.05, 4.69) is 20.1 Å². The molecule has 1 unspecified atom stereocenters. The zero-order valence-electron chi connectivity index (χ0n) is 16.5. The standard InChI is InChI=1S/C23H19N5OS/c1-14-12-15(2)28-22(25-14)26-23(27-28)30-21(16-8-4-3-5-9-16)20(29)18-13-24-19-11-7-6-10-17(18)19/h3-13,21,24H,1-2H3. The van der Waals surface area contributed by atoms with Crippen LogP contribution in [0, 0.1) is 13.8 Å². The summed E-state index contributed by atoms with van der Waals surface area (Å²) in [6, 6.07) is 19.5. The zero-order valence-corrected chi connectivity index (χ0v) is 17.4. The average molecular weight is 414 g/mol. The number of nitrogens with one attached hydrogen (secondary N) is 1. The number of fused-ring (bicyclic) bond motifs is 2. The normalized spacial score (nSPS) is 12.5. The minimum absolute atomic E-state index is 0.0170. The first-order valence-corrected chi connectivity index (χ1v) is 10.5. The van der Waals surface area contributed by atoms with Crippen LogP contribution in [0.2, 0.25) is 0 Å². The number of thioether (sulfide) groups is 1. The van der Waals surface area contributed by atoms with E-state index in [9.17, 15) is 4.79 Å². The van der Waals surface area contributed by atoms with E-state index < -0.39 is 5.25 Å². The number of Topliss-reactive ketones (excluding diaryl/α,β-unsaturated/α-hetero) is 1. The molecule has 1 atom stereocenters. The van der Waals surface area contributed by atoms with Crippen molar-refractivity contribution in [1.29, 1.82) is 0 Å². The predicted molar refractivity (Wildman–Crippen MR) is 118 cm³/mol. The van der Waals surface area contributed by atoms with Gasteiger partial charge in [0.25, 0.3) is 5.78 Å². The number of hydrogen-bond donors (Lipinski definition) is 1. The number of aromatic amines is 1. The smallest absolute Gasteiger partial charge is 0.253 e. The van der Waals surface area contributed by atoms with Crippen molar-refractivity contribution < 1.29 is 4.79 Å². The fourth-order valence-electron chi connectivity index (χ4n) is 3.62. The highest BCUT2D eigenvalue weighted by molar-refractivity contribution is 8.00. The van der Waals surface area contributed by atoms with Gasteiger partial charge >= 0.3 is 0 Å². The molecule has 0 aliphatic carbocycles. The van der Waals surface area contributed by atoms with Gasteiger partial charge in [0.05, 0.1) is 0 Å². The Kier molecular flexibility index (Phi) is 4.59. The number of carbonyl (C=O) groups excluding carboxylic acids is 1. The minimum Gasteiger partial charge on any atom is -0.360 e. The summed E-state index contributed by atoms with van der Waals surface area (Å²) >= 11 is 1.35. The summed E-state index contributed by atoms with van der Waals surface area (Å²) in [6.07, 6.45) is 1.79. The van der Waals surface area contributed by atoms with Gasteiger partial charge in [-0.1, -0.05) is 60.3 Å². The summed E-state index contributed by atoms with van der Waals surface area (Å²) in [4.78, 5) is 25.9. The second-order valence-corrected chi connectivity index (χ2v) is 8.24. The van der Waals surface area contributed by atoms with Crippen molar-refractivity contribution in [2.24, 2.45) is 0 Å². The lowest BCUT2D eigenvalue weighted by Gasteiger charge is -2.14. The highest BCUT2D eigenvalue weighted by Crippen LogP contribution is 2.37. The predicted octanol–water partition coefficient (Wildman–Crippen LogP) is 4.94. The van der Waals surface area contributed by atoms with Gasteiger partial charge in [-0.25, -0.2) is 9.50 Å². The van der Waals surface area contributed by atoms with Crippen LogP contribution in [0.15, 0.2) is 72.0 Å². The molecule has 5 aromatic rings. The van der Waals surface area contributed by atoms with E-state index in [0.29, 0.717) is 16.5 Å². The zero-order chi connectivity index (χ0) is 20.7. The lowest BCUT2D eigenvalue weighted by Crippen LogP contribution is -2.10. The van der Waals surface area contributed by atoms with Crippen LogP contribution >= 0.6 is 11.8 Å². The molecular formula is C23H19N5OS. The Morgan fingerprint density at radius 1 is 1.03 bits per heavy atom. The van der Waals surface area contributed by atoms with E-state index in [1.165, 1.54) is 11.8 Å². The van der Waals surface area contributed by atoms with E-state index in [0.717, 1.165) is 27.9 Å². The van der Waals surface area contributed by atoms with Gasteiger partial charge in [-0.05, 0) is 31.5 Å². The SMILES string of the molecule is Cc1cc(C)n2nc(SC(C(=O)c3c[nH]c4ccccc34)c3ccccc3)nc2n1. The Balaban J connectivity index is 1.58. The number of nitrogens with zero attached hydrogens (tertiary/aromatic N) is 4. The van der Waals surface area contributed by atoms with Gasteiger partial charge in [-0.15, -0.1) is 5.10 Å². The molecule has 5 rings (SSSR count). The number of aromatic nitrogens is 5. The molecule has 0 bridgehead atoms. The molecule has 0 fully saturated rings. The highest BCUT2D eigenvalue weighted by Gasteiger charge is 2.27. The quantitative estimate of drug-likeness (QED) is 0.326. The summed E-state index contributed by atoms with van der Waals surface area (Å²) < 4.78 is 1.72. The molecule has 0 aliphatic heterocycles. The molecule has 148 valence electrons. The summed E-state index contributed by atoms with van der Waals surface area (Å²) in [6.45, 7) is 3.90. The van der Waals surface area contributed by atoms with Crippen LogP contribution in [0.4, 0.5) is 0 Å². The molecule has 0 amide bonds. The summed E-state index contributed by atoms with van der Waals surface area (Å²) in [5.41, 5.74) is 4.37. The number of para-hydroxylation sites is 1. The molecule has 0 saturated carbocycles. The highest BCUT2D eigenvalue weighted by atomic mass is 32.2. The van der Waals surface area contributed by atoms with Crippen LogP contribution in [0.5, 0.6) is 0 Å². The van der Waals surface area contributed by atoms with Crippen molar-refractivity contribution in [3.63, 3.8) is 0 Å². The van der Waals surface area contributed by atoms with Crippen LogP contribution < -0.4 is 0 Å². The average Bonchev–Trinajstić information content (AvgIpc) is 3.36. The molecular weight excluding hydrogens is 394 g/mol. The van der Waals surface area contributed by atoms with Crippen molar-refractivity contribution in [1.82, 2.24) is 24.6 Å². The van der Waals surface area contributed by atoms with Crippen LogP contribution in [0.25, 0.3) is 16.7 Å². The number of rotatable bonds is 5. The Labute approximate surface area is 177 Å². The van der Waals surface area contributed by atoms with E-state index >= 15 is 0 Å². The van der Waals surface area contributed by atoms with Crippen molar-refractivity contribution >= 4 is 34.2 Å². The summed E-state index contributed by atoms with van der Waals surface area (Å²) in [5, 5.41) is 5.57. The van der Waals surface area contributed by atoms with Gasteiger partial charge < -0.3 is 4.98 Å². The second kappa shape index (κ2) is 7.42. The van der Waals surface area contributed by atoms with Gasteiger partial charge in [0.1, 0.15) is 5.25 Å². The number of H-pyrrole nitrogens is 1. The summed E-state index contributed by atoms with van der Waals surface area (Å²) in [7, 11) is 0. The van der Waals surface area contributed by atoms with E-state index in [4.69, 9.17) is 0 Å². The molecule has 0 saturated heterocycles. The lowest BCUT2D eigenvalue weighted by molar-refractivity contribution is 0.0991. The van der Waals surface area contributed by atoms with Crippen LogP contribution in [-0.2, 0) is 0 Å². The number of ketones is 1. The van der Waals surface area contributed by atoms with Crippen molar-refractivity contribution in [2.45, 2.75) is 24.3 Å². The molecule has 3 aromatic heterocycles. The van der Waals surface area contributed by atoms with E-state index in [1.807, 2.05) is 74.5 Å². The first kappa shape index (κ1) is 18.6. The third-order valence-electron chi connectivity index (χ3n) is 5.02. The molecule has 1 N–H and O–H groups in total. The van der Waals surface area contributed by atoms with Crippen LogP contribution in [-0.4, -0.2) is 30.3 Å². The maximum Gasteiger partial charge on any atom is 0.253 e. The van der Waals surface area contributed by atoms with Crippen molar-refractivity contribution in [2.75, 3.05) is 0 Å². The maximum absolute atomic E-state index is 13.6. The fraction of sp³-hybridized carbons (Fsp3) is 0.130. The first-order chi connectivity index (χ1) is 14.6. The number of hydrogen-bond acceptors (Lipinski definition) is 5. The number of carbonyl (C=O) groups is 1. The van der Waals surface area contributed by atoms with E-state index in [1.54, 1.807) is 10.7 Å². The molecule has 2 aromatic carbocycles. The molecule has 0 spiro atoms. The maximum atomic E-state index is 13.6. The Morgan fingerprint density at radius 3 is 2.63 bits per heavy atom. The summed E-state index contributed by atoms with van der Waals surface area (Å²) in [5.74, 6) is 0.560. The number of aryl methyl sites for hydroxylation is 2. The molecule has 0 radical (unpaired) electrons. The van der Waals surface area contributed by atoms with Gasteiger partial charge in [0, 0.05) is 34.1 Å². The topological polar surface area (TPSA) is 75.9 Å². The largest absolute Gasteiger partial charge is 0.360 e. The van der Waals surface area contributed by atoms with Crippen LogP contribution in [0.1, 0.15) is 32.6 Å². The fourth-order valence-corrected chi connectivity index (χ4v) is 4.62. The molecule has 0 aliphatic rings. The molecule has 6 nitrogen and oxygen atoms in total. The van der Waals surface area contributed by atoms with Gasteiger partial charge in [-0.2, -0.15) is 4.98 Å². The second-order valence-electron chi connectivity index (χ2n) is 7.17. The van der Waals surface area contributed by atoms with Crippen molar-refractivity contribution in [3.05, 3.63) is 89.4 Å². The Bertz CT molecular complexity index is 1370.